The number of carbonyl (C=O) groups is 2. The van der Waals surface area contributed by atoms with Gasteiger partial charge in [0.25, 0.3) is 0 Å². The van der Waals surface area contributed by atoms with Crippen LogP contribution in [0.15, 0.2) is 24.3 Å². The lowest BCUT2D eigenvalue weighted by molar-refractivity contribution is -0.124. The van der Waals surface area contributed by atoms with Crippen molar-refractivity contribution in [2.75, 3.05) is 12.4 Å². The van der Waals surface area contributed by atoms with Crippen LogP contribution >= 0.6 is 0 Å². The number of hydrogen-bond acceptors (Lipinski definition) is 2. The number of hydrogen-bond donors (Lipinski definition) is 3. The second kappa shape index (κ2) is 6.41. The number of carbonyl (C=O) groups excluding carboxylic acids is 2. The molecule has 0 saturated carbocycles. The lowest BCUT2D eigenvalue weighted by atomic mass is 9.86. The number of anilines is 1. The molecule has 5 heteroatoms. The number of nitrogens with one attached hydrogen (secondary N) is 3. The zero-order valence-corrected chi connectivity index (χ0v) is 12.7. The first-order chi connectivity index (χ1) is 9.24. The van der Waals surface area contributed by atoms with E-state index in [1.165, 1.54) is 0 Å². The van der Waals surface area contributed by atoms with E-state index in [2.05, 4.69) is 16.0 Å². The molecule has 0 heterocycles. The van der Waals surface area contributed by atoms with Gasteiger partial charge in [-0.2, -0.15) is 0 Å². The summed E-state index contributed by atoms with van der Waals surface area (Å²) in [6.07, 6.45) is 0. The second-order valence-corrected chi connectivity index (χ2v) is 5.88. The van der Waals surface area contributed by atoms with Crippen molar-refractivity contribution >= 4 is 17.6 Å². The van der Waals surface area contributed by atoms with Crippen LogP contribution in [0, 0.1) is 12.3 Å². The predicted octanol–water partition coefficient (Wildman–Crippen LogP) is 2.28. The number of aryl methyl sites for hydroxylation is 1. The van der Waals surface area contributed by atoms with Crippen molar-refractivity contribution < 1.29 is 9.59 Å². The fourth-order valence-corrected chi connectivity index (χ4v) is 1.75. The van der Waals surface area contributed by atoms with Gasteiger partial charge in [-0.15, -0.1) is 0 Å². The molecule has 0 unspecified atom stereocenters. The molecule has 20 heavy (non-hydrogen) atoms. The summed E-state index contributed by atoms with van der Waals surface area (Å²) >= 11 is 0. The SMILES string of the molecule is CNC(=O)[C@@H](NC(=O)Nc1ccc(C)cc1)C(C)(C)C. The van der Waals surface area contributed by atoms with Gasteiger partial charge in [0, 0.05) is 12.7 Å². The molecule has 0 fully saturated rings. The highest BCUT2D eigenvalue weighted by Crippen LogP contribution is 2.19. The van der Waals surface area contributed by atoms with Gasteiger partial charge >= 0.3 is 6.03 Å². The minimum absolute atomic E-state index is 0.212. The van der Waals surface area contributed by atoms with Crippen molar-refractivity contribution in [2.45, 2.75) is 33.7 Å². The Kier molecular flexibility index (Phi) is 5.13. The van der Waals surface area contributed by atoms with E-state index < -0.39 is 12.1 Å². The molecular formula is C15H23N3O2. The second-order valence-electron chi connectivity index (χ2n) is 5.88. The first kappa shape index (κ1) is 16.0. The summed E-state index contributed by atoms with van der Waals surface area (Å²) in [5, 5.41) is 8.00. The molecule has 0 radical (unpaired) electrons. The van der Waals surface area contributed by atoms with Crippen molar-refractivity contribution in [1.82, 2.24) is 10.6 Å². The molecule has 0 spiro atoms. The number of urea groups is 1. The highest BCUT2D eigenvalue weighted by molar-refractivity contribution is 5.94. The van der Waals surface area contributed by atoms with Crippen molar-refractivity contribution in [1.29, 1.82) is 0 Å². The van der Waals surface area contributed by atoms with Crippen molar-refractivity contribution in [3.8, 4) is 0 Å². The van der Waals surface area contributed by atoms with Gasteiger partial charge in [-0.1, -0.05) is 38.5 Å². The monoisotopic (exact) mass is 277 g/mol. The zero-order chi connectivity index (χ0) is 15.3. The van der Waals surface area contributed by atoms with E-state index in [4.69, 9.17) is 0 Å². The Hall–Kier alpha value is -2.04. The smallest absolute Gasteiger partial charge is 0.319 e. The van der Waals surface area contributed by atoms with Crippen LogP contribution in [0.3, 0.4) is 0 Å². The van der Waals surface area contributed by atoms with Crippen molar-refractivity contribution in [2.24, 2.45) is 5.41 Å². The van der Waals surface area contributed by atoms with Gasteiger partial charge in [0.1, 0.15) is 6.04 Å². The van der Waals surface area contributed by atoms with E-state index in [9.17, 15) is 9.59 Å². The quantitative estimate of drug-likeness (QED) is 0.793. The molecule has 3 N–H and O–H groups in total. The summed E-state index contributed by atoms with van der Waals surface area (Å²) in [6, 6.07) is 6.47. The lowest BCUT2D eigenvalue weighted by Gasteiger charge is -2.29. The average molecular weight is 277 g/mol. The van der Waals surface area contributed by atoms with Gasteiger partial charge in [-0.25, -0.2) is 4.79 Å². The molecule has 0 saturated heterocycles. The van der Waals surface area contributed by atoms with Crippen LogP contribution in [-0.2, 0) is 4.79 Å². The third-order valence-corrected chi connectivity index (χ3v) is 2.96. The first-order valence-electron chi connectivity index (χ1n) is 6.60. The van der Waals surface area contributed by atoms with Crippen LogP contribution in [-0.4, -0.2) is 25.0 Å². The van der Waals surface area contributed by atoms with E-state index in [-0.39, 0.29) is 11.3 Å². The van der Waals surface area contributed by atoms with E-state index >= 15 is 0 Å². The van der Waals surface area contributed by atoms with E-state index in [0.717, 1.165) is 5.56 Å². The van der Waals surface area contributed by atoms with E-state index in [1.807, 2.05) is 52.0 Å². The van der Waals surface area contributed by atoms with Gasteiger partial charge in [0.2, 0.25) is 5.91 Å². The van der Waals surface area contributed by atoms with Crippen molar-refractivity contribution in [3.05, 3.63) is 29.8 Å². The molecule has 0 bridgehead atoms. The molecule has 0 aliphatic carbocycles. The zero-order valence-electron chi connectivity index (χ0n) is 12.7. The fraction of sp³-hybridized carbons (Fsp3) is 0.467. The molecule has 1 aromatic rings. The topological polar surface area (TPSA) is 70.2 Å². The van der Waals surface area contributed by atoms with Gasteiger partial charge in [-0.3, -0.25) is 4.79 Å². The fourth-order valence-electron chi connectivity index (χ4n) is 1.75. The van der Waals surface area contributed by atoms with Crippen LogP contribution < -0.4 is 16.0 Å². The third kappa shape index (κ3) is 4.57. The van der Waals surface area contributed by atoms with Crippen LogP contribution in [0.25, 0.3) is 0 Å². The molecule has 3 amide bonds. The predicted molar refractivity (Wildman–Crippen MR) is 80.6 cm³/mol. The average Bonchev–Trinajstić information content (AvgIpc) is 2.36. The Labute approximate surface area is 120 Å². The van der Waals surface area contributed by atoms with Crippen LogP contribution in [0.5, 0.6) is 0 Å². The lowest BCUT2D eigenvalue weighted by Crippen LogP contribution is -2.53. The van der Waals surface area contributed by atoms with Gasteiger partial charge in [0.05, 0.1) is 0 Å². The van der Waals surface area contributed by atoms with Crippen LogP contribution in [0.2, 0.25) is 0 Å². The molecule has 0 aliphatic heterocycles. The molecule has 1 aromatic carbocycles. The van der Waals surface area contributed by atoms with Crippen molar-refractivity contribution in [3.63, 3.8) is 0 Å². The minimum atomic E-state index is -0.599. The summed E-state index contributed by atoms with van der Waals surface area (Å²) in [7, 11) is 1.56. The Bertz CT molecular complexity index is 475. The summed E-state index contributed by atoms with van der Waals surface area (Å²) < 4.78 is 0. The number of amides is 3. The number of benzene rings is 1. The molecule has 0 aliphatic rings. The number of likely N-dealkylation sites (N-methyl/N-ethyl adjacent to an activating group) is 1. The third-order valence-electron chi connectivity index (χ3n) is 2.96. The maximum atomic E-state index is 12.0. The normalized spacial score (nSPS) is 12.4. The Morgan fingerprint density at radius 1 is 1.10 bits per heavy atom. The highest BCUT2D eigenvalue weighted by atomic mass is 16.2. The standard InChI is InChI=1S/C15H23N3O2/c1-10-6-8-11(9-7-10)17-14(20)18-12(13(19)16-5)15(2,3)4/h6-9,12H,1-5H3,(H,16,19)(H2,17,18,20)/t12-/m1/s1. The maximum Gasteiger partial charge on any atom is 0.319 e. The Balaban J connectivity index is 2.72. The molecule has 5 nitrogen and oxygen atoms in total. The van der Waals surface area contributed by atoms with Gasteiger partial charge in [-0.05, 0) is 24.5 Å². The Morgan fingerprint density at radius 2 is 1.65 bits per heavy atom. The minimum Gasteiger partial charge on any atom is -0.357 e. The van der Waals surface area contributed by atoms with Gasteiger partial charge < -0.3 is 16.0 Å². The van der Waals surface area contributed by atoms with Crippen LogP contribution in [0.4, 0.5) is 10.5 Å². The van der Waals surface area contributed by atoms with E-state index in [0.29, 0.717) is 5.69 Å². The summed E-state index contributed by atoms with van der Waals surface area (Å²) in [5.74, 6) is -0.212. The molecule has 1 rings (SSSR count). The summed E-state index contributed by atoms with van der Waals surface area (Å²) in [5.41, 5.74) is 1.44. The number of rotatable bonds is 3. The first-order valence-corrected chi connectivity index (χ1v) is 6.60. The molecule has 110 valence electrons. The largest absolute Gasteiger partial charge is 0.357 e. The highest BCUT2D eigenvalue weighted by Gasteiger charge is 2.32. The summed E-state index contributed by atoms with van der Waals surface area (Å²) in [4.78, 5) is 23.8. The van der Waals surface area contributed by atoms with Gasteiger partial charge in [0.15, 0.2) is 0 Å². The Morgan fingerprint density at radius 3 is 2.10 bits per heavy atom. The van der Waals surface area contributed by atoms with E-state index in [1.54, 1.807) is 7.05 Å². The summed E-state index contributed by atoms with van der Waals surface area (Å²) in [6.45, 7) is 7.68. The molecule has 1 atom stereocenters. The van der Waals surface area contributed by atoms with Crippen LogP contribution in [0.1, 0.15) is 26.3 Å². The maximum absolute atomic E-state index is 12.0. The molecular weight excluding hydrogens is 254 g/mol. The molecule has 0 aromatic heterocycles.